The molecule has 0 spiro atoms. The minimum atomic E-state index is -0.517. The maximum absolute atomic E-state index is 12.7. The number of allylic oxidation sites excluding steroid dienone is 3. The normalized spacial score (nSPS) is 24.3. The van der Waals surface area contributed by atoms with Gasteiger partial charge in [-0.15, -0.1) is 0 Å². The molecule has 1 saturated heterocycles. The smallest absolute Gasteiger partial charge is 0.411 e. The Morgan fingerprint density at radius 1 is 1.30 bits per heavy atom. The predicted molar refractivity (Wildman–Crippen MR) is 117 cm³/mol. The van der Waals surface area contributed by atoms with Crippen molar-refractivity contribution in [3.05, 3.63) is 51.6 Å². The maximum Gasteiger partial charge on any atom is 0.411 e. The van der Waals surface area contributed by atoms with Gasteiger partial charge in [-0.2, -0.15) is 0 Å². The van der Waals surface area contributed by atoms with Crippen LogP contribution in [0.2, 0.25) is 0 Å². The highest BCUT2D eigenvalue weighted by Crippen LogP contribution is 2.27. The van der Waals surface area contributed by atoms with Gasteiger partial charge in [0.1, 0.15) is 11.8 Å². The average Bonchev–Trinajstić information content (AvgIpc) is 3.07. The van der Waals surface area contributed by atoms with Crippen molar-refractivity contribution >= 4 is 40.1 Å². The molecule has 2 unspecified atom stereocenters. The molecule has 1 fully saturated rings. The van der Waals surface area contributed by atoms with Crippen molar-refractivity contribution in [3.63, 3.8) is 0 Å². The molecule has 0 saturated carbocycles. The fourth-order valence-electron chi connectivity index (χ4n) is 3.17. The van der Waals surface area contributed by atoms with Crippen LogP contribution in [0.25, 0.3) is 0 Å². The van der Waals surface area contributed by atoms with Crippen LogP contribution in [0.4, 0.5) is 10.5 Å². The minimum absolute atomic E-state index is 0.173. The van der Waals surface area contributed by atoms with Crippen LogP contribution >= 0.6 is 22.6 Å². The summed E-state index contributed by atoms with van der Waals surface area (Å²) in [5.41, 5.74) is 2.40. The van der Waals surface area contributed by atoms with E-state index >= 15 is 0 Å². The van der Waals surface area contributed by atoms with Crippen LogP contribution in [-0.4, -0.2) is 41.6 Å². The molecule has 27 heavy (non-hydrogen) atoms. The minimum Gasteiger partial charge on any atom is -0.444 e. The van der Waals surface area contributed by atoms with Crippen molar-refractivity contribution in [2.75, 3.05) is 13.1 Å². The van der Waals surface area contributed by atoms with Crippen molar-refractivity contribution in [2.24, 2.45) is 10.9 Å². The second-order valence-electron chi connectivity index (χ2n) is 7.80. The van der Waals surface area contributed by atoms with Gasteiger partial charge in [-0.05, 0) is 67.6 Å². The number of halogens is 1. The number of ether oxygens (including phenoxy) is 1. The molecule has 3 rings (SSSR count). The third-order valence-electron chi connectivity index (χ3n) is 4.40. The van der Waals surface area contributed by atoms with Gasteiger partial charge < -0.3 is 4.74 Å². The summed E-state index contributed by atoms with van der Waals surface area (Å²) in [4.78, 5) is 19.3. The standard InChI is InChI=1S/C21H26IN3O2/c1-14-6-5-7-17(18(14)24-16-10-8-15(22)9-11-16)19-23-12-13-25(19)20(26)27-21(2,3)4/h5-11,14,19,23H,12-13H2,1-4H3. The summed E-state index contributed by atoms with van der Waals surface area (Å²) in [5, 5.41) is 3.43. The number of carbonyl (C=O) groups excluding carboxylic acids is 1. The SMILES string of the molecule is CC1C=CC=C(C2NCCN2C(=O)OC(C)(C)C)C1=Nc1ccc(I)cc1. The van der Waals surface area contributed by atoms with Crippen LogP contribution in [0, 0.1) is 9.49 Å². The summed E-state index contributed by atoms with van der Waals surface area (Å²) in [5.74, 6) is 0.173. The predicted octanol–water partition coefficient (Wildman–Crippen LogP) is 4.66. The number of carbonyl (C=O) groups is 1. The molecule has 1 aromatic carbocycles. The number of amides is 1. The van der Waals surface area contributed by atoms with Crippen molar-refractivity contribution in [1.29, 1.82) is 0 Å². The molecule has 1 N–H and O–H groups in total. The van der Waals surface area contributed by atoms with Crippen molar-refractivity contribution < 1.29 is 9.53 Å². The van der Waals surface area contributed by atoms with E-state index < -0.39 is 5.60 Å². The van der Waals surface area contributed by atoms with Crippen molar-refractivity contribution in [1.82, 2.24) is 10.2 Å². The van der Waals surface area contributed by atoms with Gasteiger partial charge in [0.25, 0.3) is 0 Å². The van der Waals surface area contributed by atoms with Gasteiger partial charge in [-0.1, -0.05) is 25.2 Å². The molecule has 2 atom stereocenters. The van der Waals surface area contributed by atoms with E-state index in [1.165, 1.54) is 3.57 Å². The first-order valence-corrected chi connectivity index (χ1v) is 10.3. The Bertz CT molecular complexity index is 791. The molecule has 0 aromatic heterocycles. The fourth-order valence-corrected chi connectivity index (χ4v) is 3.53. The van der Waals surface area contributed by atoms with E-state index in [2.05, 4.69) is 40.9 Å². The van der Waals surface area contributed by atoms with Crippen LogP contribution in [0.1, 0.15) is 27.7 Å². The van der Waals surface area contributed by atoms with E-state index in [1.54, 1.807) is 4.90 Å². The largest absolute Gasteiger partial charge is 0.444 e. The molecule has 0 radical (unpaired) electrons. The summed E-state index contributed by atoms with van der Waals surface area (Å²) < 4.78 is 6.78. The molecule has 0 bridgehead atoms. The van der Waals surface area contributed by atoms with Gasteiger partial charge >= 0.3 is 6.09 Å². The lowest BCUT2D eigenvalue weighted by molar-refractivity contribution is 0.0246. The molecule has 2 aliphatic rings. The monoisotopic (exact) mass is 479 g/mol. The number of nitrogens with zero attached hydrogens (tertiary/aromatic N) is 2. The van der Waals surface area contributed by atoms with Gasteiger partial charge in [0, 0.05) is 28.2 Å². The second-order valence-corrected chi connectivity index (χ2v) is 9.05. The van der Waals surface area contributed by atoms with Crippen LogP contribution in [0.5, 0.6) is 0 Å². The lowest BCUT2D eigenvalue weighted by Crippen LogP contribution is -2.46. The number of benzene rings is 1. The topological polar surface area (TPSA) is 53.9 Å². The average molecular weight is 479 g/mol. The number of nitrogens with one attached hydrogen (secondary N) is 1. The van der Waals surface area contributed by atoms with Crippen LogP contribution in [0.15, 0.2) is 53.1 Å². The first-order chi connectivity index (χ1) is 12.7. The van der Waals surface area contributed by atoms with Gasteiger partial charge in [-0.25, -0.2) is 4.79 Å². The van der Waals surface area contributed by atoms with E-state index in [9.17, 15) is 4.79 Å². The van der Waals surface area contributed by atoms with E-state index in [0.29, 0.717) is 6.54 Å². The zero-order chi connectivity index (χ0) is 19.6. The molecule has 1 aliphatic heterocycles. The zero-order valence-electron chi connectivity index (χ0n) is 16.2. The molecule has 5 nitrogen and oxygen atoms in total. The van der Waals surface area contributed by atoms with Gasteiger partial charge in [0.05, 0.1) is 11.4 Å². The fraction of sp³-hybridized carbons (Fsp3) is 0.429. The Balaban J connectivity index is 1.90. The van der Waals surface area contributed by atoms with Crippen molar-refractivity contribution in [3.8, 4) is 0 Å². The van der Waals surface area contributed by atoms with Gasteiger partial charge in [0.2, 0.25) is 0 Å². The van der Waals surface area contributed by atoms with Crippen molar-refractivity contribution in [2.45, 2.75) is 39.5 Å². The van der Waals surface area contributed by atoms with Crippen LogP contribution in [-0.2, 0) is 4.74 Å². The molecule has 144 valence electrons. The number of rotatable bonds is 2. The summed E-state index contributed by atoms with van der Waals surface area (Å²) in [6.07, 6.45) is 5.69. The van der Waals surface area contributed by atoms with Gasteiger partial charge in [0.15, 0.2) is 0 Å². The van der Waals surface area contributed by atoms with Gasteiger partial charge in [-0.3, -0.25) is 15.2 Å². The number of aliphatic imine (C=N–C) groups is 1. The third kappa shape index (κ3) is 4.99. The first kappa shape index (κ1) is 20.1. The molecule has 1 aromatic rings. The number of hydrogen-bond acceptors (Lipinski definition) is 4. The zero-order valence-corrected chi connectivity index (χ0v) is 18.4. The molecule has 1 aliphatic carbocycles. The summed E-state index contributed by atoms with van der Waals surface area (Å²) >= 11 is 2.29. The van der Waals surface area contributed by atoms with E-state index in [4.69, 9.17) is 9.73 Å². The van der Waals surface area contributed by atoms with Crippen LogP contribution < -0.4 is 5.32 Å². The lowest BCUT2D eigenvalue weighted by atomic mass is 9.91. The van der Waals surface area contributed by atoms with Crippen LogP contribution in [0.3, 0.4) is 0 Å². The Kier molecular flexibility index (Phi) is 6.05. The summed E-state index contributed by atoms with van der Waals surface area (Å²) in [6.45, 7) is 9.14. The molecule has 1 amide bonds. The Morgan fingerprint density at radius 3 is 2.67 bits per heavy atom. The quantitative estimate of drug-likeness (QED) is 0.628. The second kappa shape index (κ2) is 8.14. The third-order valence-corrected chi connectivity index (χ3v) is 5.12. The highest BCUT2D eigenvalue weighted by Gasteiger charge is 2.36. The lowest BCUT2D eigenvalue weighted by Gasteiger charge is -2.31. The molecular weight excluding hydrogens is 453 g/mol. The molecular formula is C21H26IN3O2. The molecule has 1 heterocycles. The highest BCUT2D eigenvalue weighted by molar-refractivity contribution is 14.1. The Labute approximate surface area is 174 Å². The Morgan fingerprint density at radius 2 is 2.00 bits per heavy atom. The van der Waals surface area contributed by atoms with E-state index in [0.717, 1.165) is 23.5 Å². The first-order valence-electron chi connectivity index (χ1n) is 9.20. The highest BCUT2D eigenvalue weighted by atomic mass is 127. The molecule has 6 heteroatoms. The number of hydrogen-bond donors (Lipinski definition) is 1. The summed E-state index contributed by atoms with van der Waals surface area (Å²) in [7, 11) is 0. The summed E-state index contributed by atoms with van der Waals surface area (Å²) in [6, 6.07) is 8.14. The maximum atomic E-state index is 12.7. The van der Waals surface area contributed by atoms with E-state index in [1.807, 2.05) is 57.2 Å². The van der Waals surface area contributed by atoms with E-state index in [-0.39, 0.29) is 18.2 Å². The Hall–Kier alpha value is -1.67.